The average Bonchev–Trinajstić information content (AvgIpc) is 3.01. The van der Waals surface area contributed by atoms with Crippen LogP contribution in [-0.2, 0) is 13.5 Å². The Bertz CT molecular complexity index is 615. The molecule has 1 heterocycles. The lowest BCUT2D eigenvalue weighted by Crippen LogP contribution is -2.38. The van der Waals surface area contributed by atoms with Gasteiger partial charge in [-0.15, -0.1) is 35.7 Å². The van der Waals surface area contributed by atoms with E-state index in [0.29, 0.717) is 0 Å². The summed E-state index contributed by atoms with van der Waals surface area (Å²) in [7, 11) is 1.95. The van der Waals surface area contributed by atoms with Crippen molar-refractivity contribution < 1.29 is 0 Å². The van der Waals surface area contributed by atoms with Gasteiger partial charge in [0, 0.05) is 43.5 Å². The van der Waals surface area contributed by atoms with Crippen LogP contribution >= 0.6 is 35.7 Å². The molecule has 0 saturated carbocycles. The van der Waals surface area contributed by atoms with Gasteiger partial charge in [0.05, 0.1) is 6.20 Å². The highest BCUT2D eigenvalue weighted by Crippen LogP contribution is 2.15. The number of thioether (sulfide) groups is 1. The summed E-state index contributed by atoms with van der Waals surface area (Å²) in [6.45, 7) is 4.68. The highest BCUT2D eigenvalue weighted by atomic mass is 127. The second kappa shape index (κ2) is 13.0. The second-order valence-corrected chi connectivity index (χ2v) is 6.64. The van der Waals surface area contributed by atoms with E-state index in [1.165, 1.54) is 10.5 Å². The molecule has 0 spiro atoms. The van der Waals surface area contributed by atoms with Gasteiger partial charge in [0.15, 0.2) is 5.96 Å². The van der Waals surface area contributed by atoms with Gasteiger partial charge in [-0.3, -0.25) is 9.67 Å². The number of benzene rings is 1. The number of aryl methyl sites for hydroxylation is 2. The molecule has 5 nitrogen and oxygen atoms in total. The molecule has 1 aromatic heterocycles. The molecule has 2 rings (SSSR count). The fraction of sp³-hybridized carbons (Fsp3) is 0.444. The van der Waals surface area contributed by atoms with E-state index in [-0.39, 0.29) is 24.0 Å². The number of nitrogens with zero attached hydrogens (tertiary/aromatic N) is 3. The van der Waals surface area contributed by atoms with Gasteiger partial charge in [0.2, 0.25) is 0 Å². The Labute approximate surface area is 172 Å². The van der Waals surface area contributed by atoms with Crippen LogP contribution in [0.1, 0.15) is 18.9 Å². The van der Waals surface area contributed by atoms with Gasteiger partial charge in [-0.2, -0.15) is 5.10 Å². The van der Waals surface area contributed by atoms with E-state index in [0.717, 1.165) is 44.2 Å². The lowest BCUT2D eigenvalue weighted by Gasteiger charge is -2.11. The molecule has 25 heavy (non-hydrogen) atoms. The number of aromatic nitrogens is 2. The van der Waals surface area contributed by atoms with Crippen LogP contribution < -0.4 is 10.6 Å². The van der Waals surface area contributed by atoms with Crippen LogP contribution in [-0.4, -0.2) is 41.1 Å². The van der Waals surface area contributed by atoms with Gasteiger partial charge in [-0.25, -0.2) is 0 Å². The number of rotatable bonds is 9. The molecule has 0 fully saturated rings. The van der Waals surface area contributed by atoms with Crippen molar-refractivity contribution in [2.45, 2.75) is 24.7 Å². The molecule has 2 aromatic rings. The number of guanidine groups is 1. The minimum Gasteiger partial charge on any atom is -0.357 e. The number of hydrogen-bond acceptors (Lipinski definition) is 3. The first-order chi connectivity index (χ1) is 11.8. The Balaban J connectivity index is 0.00000312. The van der Waals surface area contributed by atoms with Gasteiger partial charge in [0.1, 0.15) is 0 Å². The van der Waals surface area contributed by atoms with Crippen LogP contribution in [0.15, 0.2) is 52.6 Å². The summed E-state index contributed by atoms with van der Waals surface area (Å²) >= 11 is 1.85. The quantitative estimate of drug-likeness (QED) is 0.193. The Hall–Kier alpha value is -1.22. The molecular weight excluding hydrogens is 445 g/mol. The molecule has 1 aromatic carbocycles. The van der Waals surface area contributed by atoms with Crippen LogP contribution in [0, 0.1) is 0 Å². The molecule has 0 saturated heterocycles. The predicted molar refractivity (Wildman–Crippen MR) is 118 cm³/mol. The summed E-state index contributed by atoms with van der Waals surface area (Å²) in [4.78, 5) is 5.94. The van der Waals surface area contributed by atoms with E-state index in [9.17, 15) is 0 Å². The van der Waals surface area contributed by atoms with Gasteiger partial charge in [0.25, 0.3) is 0 Å². The summed E-state index contributed by atoms with van der Waals surface area (Å²) < 4.78 is 1.84. The highest BCUT2D eigenvalue weighted by Gasteiger charge is 1.99. The largest absolute Gasteiger partial charge is 0.357 e. The van der Waals surface area contributed by atoms with Crippen molar-refractivity contribution in [2.75, 3.05) is 25.4 Å². The Morgan fingerprint density at radius 2 is 2.04 bits per heavy atom. The van der Waals surface area contributed by atoms with Crippen molar-refractivity contribution in [3.8, 4) is 0 Å². The zero-order chi connectivity index (χ0) is 17.0. The zero-order valence-corrected chi connectivity index (χ0v) is 18.1. The van der Waals surface area contributed by atoms with Crippen LogP contribution in [0.4, 0.5) is 0 Å². The monoisotopic (exact) mass is 473 g/mol. The summed E-state index contributed by atoms with van der Waals surface area (Å²) in [6, 6.07) is 10.5. The van der Waals surface area contributed by atoms with Gasteiger partial charge >= 0.3 is 0 Å². The minimum atomic E-state index is 0. The molecule has 0 aliphatic carbocycles. The average molecular weight is 473 g/mol. The molecular formula is C18H28IN5S. The van der Waals surface area contributed by atoms with E-state index >= 15 is 0 Å². The molecule has 0 amide bonds. The van der Waals surface area contributed by atoms with E-state index < -0.39 is 0 Å². The van der Waals surface area contributed by atoms with Crippen molar-refractivity contribution in [1.29, 1.82) is 0 Å². The first-order valence-corrected chi connectivity index (χ1v) is 9.44. The van der Waals surface area contributed by atoms with Crippen molar-refractivity contribution >= 4 is 41.7 Å². The van der Waals surface area contributed by atoms with E-state index in [1.807, 2.05) is 35.8 Å². The van der Waals surface area contributed by atoms with Crippen molar-refractivity contribution in [2.24, 2.45) is 12.0 Å². The molecule has 0 unspecified atom stereocenters. The molecule has 0 bridgehead atoms. The third-order valence-corrected chi connectivity index (χ3v) is 4.42. The van der Waals surface area contributed by atoms with Crippen LogP contribution in [0.25, 0.3) is 0 Å². The SMILES string of the molecule is CCNC(=NCCCc1cnn(C)c1)NCCSc1ccccc1.I. The Morgan fingerprint density at radius 1 is 1.24 bits per heavy atom. The maximum atomic E-state index is 4.64. The molecule has 7 heteroatoms. The minimum absolute atomic E-state index is 0. The van der Waals surface area contributed by atoms with Gasteiger partial charge in [-0.05, 0) is 37.5 Å². The van der Waals surface area contributed by atoms with Crippen LogP contribution in [0.2, 0.25) is 0 Å². The first-order valence-electron chi connectivity index (χ1n) is 8.45. The molecule has 2 N–H and O–H groups in total. The smallest absolute Gasteiger partial charge is 0.191 e. The van der Waals surface area contributed by atoms with Gasteiger partial charge < -0.3 is 10.6 Å². The van der Waals surface area contributed by atoms with Gasteiger partial charge in [-0.1, -0.05) is 18.2 Å². The van der Waals surface area contributed by atoms with Crippen molar-refractivity contribution in [1.82, 2.24) is 20.4 Å². The maximum Gasteiger partial charge on any atom is 0.191 e. The Kier molecular flexibility index (Phi) is 11.4. The van der Waals surface area contributed by atoms with Crippen LogP contribution in [0.3, 0.4) is 0 Å². The molecule has 0 atom stereocenters. The summed E-state index contributed by atoms with van der Waals surface area (Å²) in [5.41, 5.74) is 1.27. The molecule has 0 aliphatic heterocycles. The zero-order valence-electron chi connectivity index (χ0n) is 14.9. The molecule has 0 radical (unpaired) electrons. The van der Waals surface area contributed by atoms with Crippen molar-refractivity contribution in [3.63, 3.8) is 0 Å². The Morgan fingerprint density at radius 3 is 2.72 bits per heavy atom. The number of nitrogens with one attached hydrogen (secondary N) is 2. The maximum absolute atomic E-state index is 4.64. The standard InChI is InChI=1S/C18H27N5S.HI/c1-3-19-18(20-11-7-8-16-14-22-23(2)15-16)21-12-13-24-17-9-5-4-6-10-17;/h4-6,9-10,14-15H,3,7-8,11-13H2,1-2H3,(H2,19,20,21);1H. The lowest BCUT2D eigenvalue weighted by molar-refractivity contribution is 0.764. The molecule has 138 valence electrons. The summed E-state index contributed by atoms with van der Waals surface area (Å²) in [5, 5.41) is 10.9. The molecule has 0 aliphatic rings. The van der Waals surface area contributed by atoms with Crippen molar-refractivity contribution in [3.05, 3.63) is 48.3 Å². The van der Waals surface area contributed by atoms with E-state index in [2.05, 4.69) is 58.1 Å². The fourth-order valence-electron chi connectivity index (χ4n) is 2.27. The van der Waals surface area contributed by atoms with E-state index in [4.69, 9.17) is 0 Å². The second-order valence-electron chi connectivity index (χ2n) is 5.47. The van der Waals surface area contributed by atoms with Crippen LogP contribution in [0.5, 0.6) is 0 Å². The highest BCUT2D eigenvalue weighted by molar-refractivity contribution is 14.0. The topological polar surface area (TPSA) is 54.2 Å². The fourth-order valence-corrected chi connectivity index (χ4v) is 3.06. The van der Waals surface area contributed by atoms with E-state index in [1.54, 1.807) is 0 Å². The predicted octanol–water partition coefficient (Wildman–Crippen LogP) is 3.32. The summed E-state index contributed by atoms with van der Waals surface area (Å²) in [5.74, 6) is 1.92. The third kappa shape index (κ3) is 9.15. The summed E-state index contributed by atoms with van der Waals surface area (Å²) in [6.07, 6.45) is 6.03. The first kappa shape index (κ1) is 21.8. The lowest BCUT2D eigenvalue weighted by atomic mass is 10.2. The number of hydrogen-bond donors (Lipinski definition) is 2. The normalized spacial score (nSPS) is 11.0. The number of halogens is 1. The number of aliphatic imine (C=N–C) groups is 1. The third-order valence-electron chi connectivity index (χ3n) is 3.40.